The molecule has 5 heteroatoms. The van der Waals surface area contributed by atoms with E-state index in [1.54, 1.807) is 0 Å². The van der Waals surface area contributed by atoms with Gasteiger partial charge in [0.2, 0.25) is 0 Å². The van der Waals surface area contributed by atoms with Gasteiger partial charge in [0.1, 0.15) is 0 Å². The molecule has 0 bridgehead atoms. The van der Waals surface area contributed by atoms with Crippen molar-refractivity contribution in [2.24, 2.45) is 0 Å². The summed E-state index contributed by atoms with van der Waals surface area (Å²) < 4.78 is 2.38. The zero-order valence-electron chi connectivity index (χ0n) is 17.7. The van der Waals surface area contributed by atoms with E-state index in [1.165, 1.54) is 33.8 Å². The standard InChI is InChI=1S/C24H28N4S/c1-6-27-23(22(26-24(27)29)20-9-7-8-12-25-20)19-14-17(4)28(18(19)5)21-13-15(2)10-11-16(21)3/h7-14,22-23H,6H2,1-5H3,(H,26,29)/t22-,23+/m0/s1. The quantitative estimate of drug-likeness (QED) is 0.614. The van der Waals surface area contributed by atoms with Crippen LogP contribution < -0.4 is 5.32 Å². The van der Waals surface area contributed by atoms with Crippen molar-refractivity contribution >= 4 is 17.3 Å². The highest BCUT2D eigenvalue weighted by Crippen LogP contribution is 2.41. The topological polar surface area (TPSA) is 33.1 Å². The highest BCUT2D eigenvalue weighted by atomic mass is 32.1. The minimum Gasteiger partial charge on any atom is -0.352 e. The number of hydrogen-bond donors (Lipinski definition) is 1. The molecule has 1 fully saturated rings. The maximum absolute atomic E-state index is 5.69. The van der Waals surface area contributed by atoms with Crippen molar-refractivity contribution in [1.82, 2.24) is 19.8 Å². The van der Waals surface area contributed by atoms with Gasteiger partial charge in [-0.2, -0.15) is 0 Å². The maximum atomic E-state index is 5.69. The molecule has 1 N–H and O–H groups in total. The number of hydrogen-bond acceptors (Lipinski definition) is 2. The number of rotatable bonds is 4. The van der Waals surface area contributed by atoms with E-state index in [4.69, 9.17) is 12.2 Å². The van der Waals surface area contributed by atoms with E-state index in [-0.39, 0.29) is 12.1 Å². The predicted octanol–water partition coefficient (Wildman–Crippen LogP) is 5.10. The second-order valence-electron chi connectivity index (χ2n) is 7.86. The molecule has 0 unspecified atom stereocenters. The van der Waals surface area contributed by atoms with E-state index in [9.17, 15) is 0 Å². The van der Waals surface area contributed by atoms with Gasteiger partial charge in [0.05, 0.1) is 17.8 Å². The van der Waals surface area contributed by atoms with Gasteiger partial charge in [0.15, 0.2) is 5.11 Å². The van der Waals surface area contributed by atoms with Crippen LogP contribution in [-0.4, -0.2) is 26.1 Å². The molecular weight excluding hydrogens is 376 g/mol. The predicted molar refractivity (Wildman–Crippen MR) is 123 cm³/mol. The highest BCUT2D eigenvalue weighted by Gasteiger charge is 2.40. The first-order valence-electron chi connectivity index (χ1n) is 10.2. The van der Waals surface area contributed by atoms with E-state index in [1.807, 2.05) is 18.3 Å². The Morgan fingerprint density at radius 2 is 1.86 bits per heavy atom. The summed E-state index contributed by atoms with van der Waals surface area (Å²) in [5.41, 5.74) is 8.60. The van der Waals surface area contributed by atoms with E-state index < -0.39 is 0 Å². The molecule has 1 aromatic carbocycles. The summed E-state index contributed by atoms with van der Waals surface area (Å²) in [7, 11) is 0. The third-order valence-corrected chi connectivity index (χ3v) is 6.29. The Balaban J connectivity index is 1.86. The molecule has 3 aromatic rings. The van der Waals surface area contributed by atoms with Crippen molar-refractivity contribution in [3.8, 4) is 5.69 Å². The molecular formula is C24H28N4S. The Morgan fingerprint density at radius 3 is 2.55 bits per heavy atom. The fraction of sp³-hybridized carbons (Fsp3) is 0.333. The molecule has 1 aliphatic rings. The van der Waals surface area contributed by atoms with Crippen LogP contribution in [0.4, 0.5) is 0 Å². The average Bonchev–Trinajstić information content (AvgIpc) is 3.19. The molecule has 0 amide bonds. The van der Waals surface area contributed by atoms with Crippen molar-refractivity contribution in [3.05, 3.63) is 82.4 Å². The number of benzene rings is 1. The summed E-state index contributed by atoms with van der Waals surface area (Å²) in [5.74, 6) is 0. The van der Waals surface area contributed by atoms with Gasteiger partial charge in [0, 0.05) is 29.8 Å². The molecule has 0 radical (unpaired) electrons. The Bertz CT molecular complexity index is 1050. The van der Waals surface area contributed by atoms with Crippen LogP contribution in [0.5, 0.6) is 0 Å². The van der Waals surface area contributed by atoms with Crippen LogP contribution in [0.3, 0.4) is 0 Å². The normalized spacial score (nSPS) is 18.9. The number of nitrogens with zero attached hydrogens (tertiary/aromatic N) is 3. The lowest BCUT2D eigenvalue weighted by atomic mass is 9.97. The van der Waals surface area contributed by atoms with Gasteiger partial charge in [-0.1, -0.05) is 18.2 Å². The van der Waals surface area contributed by atoms with Gasteiger partial charge in [-0.25, -0.2) is 0 Å². The highest BCUT2D eigenvalue weighted by molar-refractivity contribution is 7.80. The summed E-state index contributed by atoms with van der Waals surface area (Å²) in [4.78, 5) is 6.91. The largest absolute Gasteiger partial charge is 0.352 e. The number of aromatic nitrogens is 2. The lowest BCUT2D eigenvalue weighted by molar-refractivity contribution is 0.329. The van der Waals surface area contributed by atoms with Gasteiger partial charge < -0.3 is 14.8 Å². The van der Waals surface area contributed by atoms with Crippen molar-refractivity contribution in [2.75, 3.05) is 6.54 Å². The summed E-state index contributed by atoms with van der Waals surface area (Å²) >= 11 is 5.69. The van der Waals surface area contributed by atoms with Gasteiger partial charge in [-0.15, -0.1) is 0 Å². The van der Waals surface area contributed by atoms with E-state index in [0.717, 1.165) is 17.4 Å². The number of likely N-dealkylation sites (N-methyl/N-ethyl adjacent to an activating group) is 1. The molecule has 3 heterocycles. The number of pyridine rings is 1. The van der Waals surface area contributed by atoms with Crippen LogP contribution in [0, 0.1) is 27.7 Å². The lowest BCUT2D eigenvalue weighted by Gasteiger charge is -2.27. The van der Waals surface area contributed by atoms with E-state index >= 15 is 0 Å². The summed E-state index contributed by atoms with van der Waals surface area (Å²) in [6, 6.07) is 15.2. The minimum atomic E-state index is 0.0382. The Hall–Kier alpha value is -2.66. The smallest absolute Gasteiger partial charge is 0.170 e. The molecule has 1 aliphatic heterocycles. The van der Waals surface area contributed by atoms with Gasteiger partial charge >= 0.3 is 0 Å². The molecule has 0 spiro atoms. The fourth-order valence-corrected chi connectivity index (χ4v) is 4.87. The van der Waals surface area contributed by atoms with E-state index in [0.29, 0.717) is 0 Å². The van der Waals surface area contributed by atoms with Crippen LogP contribution in [-0.2, 0) is 0 Å². The third-order valence-electron chi connectivity index (χ3n) is 5.93. The molecule has 2 aromatic heterocycles. The first-order valence-corrected chi connectivity index (χ1v) is 10.6. The Morgan fingerprint density at radius 1 is 1.07 bits per heavy atom. The van der Waals surface area contributed by atoms with Crippen molar-refractivity contribution in [3.63, 3.8) is 0 Å². The molecule has 2 atom stereocenters. The Kier molecular flexibility index (Phi) is 5.17. The summed E-state index contributed by atoms with van der Waals surface area (Å²) in [6.45, 7) is 11.7. The molecule has 4 rings (SSSR count). The zero-order chi connectivity index (χ0) is 20.7. The molecule has 1 saturated heterocycles. The number of thiocarbonyl (C=S) groups is 1. The monoisotopic (exact) mass is 404 g/mol. The molecule has 0 aliphatic carbocycles. The second kappa shape index (κ2) is 7.64. The first kappa shape index (κ1) is 19.6. The SMILES string of the molecule is CCN1C(=S)N[C@@H](c2ccccn2)[C@H]1c1cc(C)n(-c2cc(C)ccc2C)c1C. The van der Waals surface area contributed by atoms with Gasteiger partial charge in [-0.3, -0.25) is 4.98 Å². The zero-order valence-corrected chi connectivity index (χ0v) is 18.5. The van der Waals surface area contributed by atoms with Gasteiger partial charge in [0.25, 0.3) is 0 Å². The number of aryl methyl sites for hydroxylation is 3. The Labute approximate surface area is 178 Å². The third kappa shape index (κ3) is 3.33. The molecule has 29 heavy (non-hydrogen) atoms. The van der Waals surface area contributed by atoms with Crippen LogP contribution in [0.1, 0.15) is 52.8 Å². The van der Waals surface area contributed by atoms with Crippen LogP contribution in [0.15, 0.2) is 48.7 Å². The summed E-state index contributed by atoms with van der Waals surface area (Å²) in [6.07, 6.45) is 1.85. The first-order chi connectivity index (χ1) is 13.9. The number of nitrogens with one attached hydrogen (secondary N) is 1. The van der Waals surface area contributed by atoms with Gasteiger partial charge in [-0.05, 0) is 87.8 Å². The van der Waals surface area contributed by atoms with E-state index in [2.05, 4.69) is 84.7 Å². The van der Waals surface area contributed by atoms with Crippen LogP contribution in [0.2, 0.25) is 0 Å². The minimum absolute atomic E-state index is 0.0382. The molecule has 4 nitrogen and oxygen atoms in total. The van der Waals surface area contributed by atoms with Crippen LogP contribution in [0.25, 0.3) is 5.69 Å². The molecule has 0 saturated carbocycles. The lowest BCUT2D eigenvalue weighted by Crippen LogP contribution is -2.29. The maximum Gasteiger partial charge on any atom is 0.170 e. The average molecular weight is 405 g/mol. The molecule has 150 valence electrons. The van der Waals surface area contributed by atoms with Crippen molar-refractivity contribution in [1.29, 1.82) is 0 Å². The summed E-state index contributed by atoms with van der Waals surface area (Å²) in [5, 5.41) is 4.32. The van der Waals surface area contributed by atoms with Crippen LogP contribution >= 0.6 is 12.2 Å². The van der Waals surface area contributed by atoms with Crippen molar-refractivity contribution < 1.29 is 0 Å². The fourth-order valence-electron chi connectivity index (χ4n) is 4.50. The second-order valence-corrected chi connectivity index (χ2v) is 8.25. The van der Waals surface area contributed by atoms with Crippen molar-refractivity contribution in [2.45, 2.75) is 46.7 Å².